The fourth-order valence-electron chi connectivity index (χ4n) is 2.13. The van der Waals surface area contributed by atoms with E-state index in [0.29, 0.717) is 23.3 Å². The first-order valence-corrected chi connectivity index (χ1v) is 10.8. The van der Waals surface area contributed by atoms with Crippen molar-refractivity contribution in [2.75, 3.05) is 13.7 Å². The Morgan fingerprint density at radius 2 is 1.78 bits per heavy atom. The van der Waals surface area contributed by atoms with Gasteiger partial charge in [0.25, 0.3) is 5.95 Å². The van der Waals surface area contributed by atoms with Crippen molar-refractivity contribution < 1.29 is 18.7 Å². The first-order valence-electron chi connectivity index (χ1n) is 7.93. The van der Waals surface area contributed by atoms with Gasteiger partial charge in [0.05, 0.1) is 12.7 Å². The number of hydrogen-bond acceptors (Lipinski definition) is 5. The summed E-state index contributed by atoms with van der Waals surface area (Å²) in [5.41, 5.74) is 0.856. The van der Waals surface area contributed by atoms with Gasteiger partial charge < -0.3 is 18.7 Å². The van der Waals surface area contributed by atoms with Crippen molar-refractivity contribution in [2.24, 2.45) is 0 Å². The fraction of sp³-hybridized carbons (Fsp3) is 0.706. The van der Waals surface area contributed by atoms with Gasteiger partial charge in [-0.2, -0.15) is 0 Å². The molecule has 6 heteroatoms. The van der Waals surface area contributed by atoms with Crippen LogP contribution >= 0.6 is 0 Å². The Labute approximate surface area is 139 Å². The van der Waals surface area contributed by atoms with Crippen LogP contribution in [0.1, 0.15) is 50.2 Å². The minimum atomic E-state index is -2.08. The minimum Gasteiger partial charge on any atom is -0.468 e. The number of aliphatic hydroxyl groups is 1. The number of ether oxygens (including phenoxy) is 1. The largest absolute Gasteiger partial charge is 0.468 e. The van der Waals surface area contributed by atoms with Crippen LogP contribution in [0.5, 0.6) is 5.95 Å². The normalized spacial score (nSPS) is 14.0. The van der Waals surface area contributed by atoms with E-state index < -0.39 is 14.4 Å². The summed E-state index contributed by atoms with van der Waals surface area (Å²) in [6.45, 7) is 14.1. The van der Waals surface area contributed by atoms with Crippen molar-refractivity contribution in [3.05, 3.63) is 27.1 Å². The van der Waals surface area contributed by atoms with Gasteiger partial charge in [0.1, 0.15) is 11.9 Å². The monoisotopic (exact) mass is 342 g/mol. The Balaban J connectivity index is 3.37. The van der Waals surface area contributed by atoms with E-state index in [1.54, 1.807) is 13.8 Å². The summed E-state index contributed by atoms with van der Waals surface area (Å²) in [6, 6.07) is 0. The lowest BCUT2D eigenvalue weighted by atomic mass is 10.1. The molecular formula is C17H30O5Si. The van der Waals surface area contributed by atoms with E-state index >= 15 is 0 Å². The Hall–Kier alpha value is -1.11. The SMILES string of the molecule is COc1oc([C@@H](CCO)O[Si](C)(C)C(C)(C)C)c(C)c(=O)c1C. The zero-order valence-electron chi connectivity index (χ0n) is 15.6. The maximum atomic E-state index is 12.4. The van der Waals surface area contributed by atoms with Crippen molar-refractivity contribution in [3.8, 4) is 5.95 Å². The highest BCUT2D eigenvalue weighted by molar-refractivity contribution is 6.74. The second-order valence-corrected chi connectivity index (χ2v) is 12.2. The summed E-state index contributed by atoms with van der Waals surface area (Å²) in [7, 11) is -0.611. The van der Waals surface area contributed by atoms with Crippen molar-refractivity contribution in [1.82, 2.24) is 0 Å². The maximum Gasteiger partial charge on any atom is 0.291 e. The number of methoxy groups -OCH3 is 1. The zero-order valence-corrected chi connectivity index (χ0v) is 16.6. The third kappa shape index (κ3) is 4.25. The maximum absolute atomic E-state index is 12.4. The molecule has 1 aromatic rings. The highest BCUT2D eigenvalue weighted by Crippen LogP contribution is 2.41. The van der Waals surface area contributed by atoms with Crippen LogP contribution < -0.4 is 10.2 Å². The molecule has 1 atom stereocenters. The predicted octanol–water partition coefficient (Wildman–Crippen LogP) is 3.71. The van der Waals surface area contributed by atoms with Crippen LogP contribution in [0.4, 0.5) is 0 Å². The molecule has 0 aliphatic heterocycles. The molecule has 0 saturated carbocycles. The molecule has 0 fully saturated rings. The van der Waals surface area contributed by atoms with Crippen molar-refractivity contribution in [1.29, 1.82) is 0 Å². The van der Waals surface area contributed by atoms with Crippen LogP contribution in [0.15, 0.2) is 9.21 Å². The molecule has 0 radical (unpaired) electrons. The molecule has 1 N–H and O–H groups in total. The first kappa shape index (κ1) is 19.9. The Bertz CT molecular complexity index is 598. The number of rotatable bonds is 6. The Morgan fingerprint density at radius 3 is 2.22 bits per heavy atom. The van der Waals surface area contributed by atoms with E-state index in [0.717, 1.165) is 0 Å². The molecule has 0 bridgehead atoms. The summed E-state index contributed by atoms with van der Waals surface area (Å²) in [5.74, 6) is 0.661. The van der Waals surface area contributed by atoms with E-state index in [2.05, 4.69) is 33.9 Å². The second-order valence-electron chi connectivity index (χ2n) is 7.42. The van der Waals surface area contributed by atoms with Crippen LogP contribution in [-0.4, -0.2) is 27.1 Å². The van der Waals surface area contributed by atoms with E-state index in [-0.39, 0.29) is 23.0 Å². The Morgan fingerprint density at radius 1 is 1.22 bits per heavy atom. The molecule has 23 heavy (non-hydrogen) atoms. The molecule has 0 aliphatic carbocycles. The summed E-state index contributed by atoms with van der Waals surface area (Å²) in [6.07, 6.45) is -0.0780. The molecule has 5 nitrogen and oxygen atoms in total. The van der Waals surface area contributed by atoms with Crippen LogP contribution in [0.2, 0.25) is 18.1 Å². The quantitative estimate of drug-likeness (QED) is 0.798. The molecule has 0 aromatic carbocycles. The van der Waals surface area contributed by atoms with E-state index in [4.69, 9.17) is 13.6 Å². The molecule has 0 amide bonds. The third-order valence-corrected chi connectivity index (χ3v) is 9.16. The lowest BCUT2D eigenvalue weighted by Gasteiger charge is -2.39. The molecule has 0 spiro atoms. The van der Waals surface area contributed by atoms with Crippen LogP contribution in [0.3, 0.4) is 0 Å². The smallest absolute Gasteiger partial charge is 0.291 e. The summed E-state index contributed by atoms with van der Waals surface area (Å²) >= 11 is 0. The highest BCUT2D eigenvalue weighted by atomic mass is 28.4. The number of aliphatic hydroxyl groups excluding tert-OH is 1. The predicted molar refractivity (Wildman–Crippen MR) is 93.7 cm³/mol. The van der Waals surface area contributed by atoms with Gasteiger partial charge in [-0.05, 0) is 32.0 Å². The minimum absolute atomic E-state index is 0.0175. The van der Waals surface area contributed by atoms with Gasteiger partial charge in [-0.15, -0.1) is 0 Å². The van der Waals surface area contributed by atoms with Gasteiger partial charge in [-0.25, -0.2) is 0 Å². The number of hydrogen-bond donors (Lipinski definition) is 1. The standard InChI is InChI=1S/C17H30O5Si/c1-11-14(19)12(2)16(20-6)21-15(11)13(9-10-18)22-23(7,8)17(3,4)5/h13,18H,9-10H2,1-8H3/t13-/m1/s1. The highest BCUT2D eigenvalue weighted by Gasteiger charge is 2.40. The van der Waals surface area contributed by atoms with Crippen molar-refractivity contribution in [3.63, 3.8) is 0 Å². The molecule has 0 saturated heterocycles. The molecular weight excluding hydrogens is 312 g/mol. The summed E-state index contributed by atoms with van der Waals surface area (Å²) in [4.78, 5) is 12.4. The molecule has 1 aromatic heterocycles. The van der Waals surface area contributed by atoms with Gasteiger partial charge in [0.2, 0.25) is 0 Å². The summed E-state index contributed by atoms with van der Waals surface area (Å²) in [5, 5.41) is 9.44. The average Bonchev–Trinajstić information content (AvgIpc) is 2.43. The zero-order chi connectivity index (χ0) is 18.0. The lowest BCUT2D eigenvalue weighted by molar-refractivity contribution is 0.111. The van der Waals surface area contributed by atoms with Crippen molar-refractivity contribution >= 4 is 8.32 Å². The van der Waals surface area contributed by atoms with Gasteiger partial charge in [0.15, 0.2) is 13.7 Å². The van der Waals surface area contributed by atoms with Gasteiger partial charge >= 0.3 is 0 Å². The molecule has 132 valence electrons. The van der Waals surface area contributed by atoms with Crippen LogP contribution in [0.25, 0.3) is 0 Å². The summed E-state index contributed by atoms with van der Waals surface area (Å²) < 4.78 is 17.4. The van der Waals surface area contributed by atoms with Gasteiger partial charge in [-0.3, -0.25) is 4.79 Å². The van der Waals surface area contributed by atoms with Gasteiger partial charge in [0, 0.05) is 18.6 Å². The molecule has 0 unspecified atom stereocenters. The first-order chi connectivity index (χ1) is 10.5. The molecule has 0 aliphatic rings. The lowest BCUT2D eigenvalue weighted by Crippen LogP contribution is -2.42. The van der Waals surface area contributed by atoms with E-state index in [9.17, 15) is 9.90 Å². The van der Waals surface area contributed by atoms with Gasteiger partial charge in [-0.1, -0.05) is 20.8 Å². The second kappa shape index (κ2) is 7.19. The van der Waals surface area contributed by atoms with Crippen LogP contribution in [-0.2, 0) is 4.43 Å². The fourth-order valence-corrected chi connectivity index (χ4v) is 3.42. The van der Waals surface area contributed by atoms with E-state index in [1.807, 2.05) is 0 Å². The third-order valence-electron chi connectivity index (χ3n) is 4.67. The van der Waals surface area contributed by atoms with E-state index in [1.165, 1.54) is 7.11 Å². The van der Waals surface area contributed by atoms with Crippen LogP contribution in [0, 0.1) is 13.8 Å². The topological polar surface area (TPSA) is 68.9 Å². The molecule has 1 heterocycles. The molecule has 1 rings (SSSR count). The average molecular weight is 343 g/mol. The Kier molecular flexibility index (Phi) is 6.23. The van der Waals surface area contributed by atoms with Crippen molar-refractivity contribution in [2.45, 2.75) is 65.3 Å².